The molecule has 0 radical (unpaired) electrons. The topological polar surface area (TPSA) is 148 Å². The molecule has 0 spiro atoms. The first kappa shape index (κ1) is 23.7. The summed E-state index contributed by atoms with van der Waals surface area (Å²) in [7, 11) is -6.62. The van der Waals surface area contributed by atoms with Crippen LogP contribution in [0.3, 0.4) is 0 Å². The summed E-state index contributed by atoms with van der Waals surface area (Å²) < 4.78 is 53.2. The molecule has 0 unspecified atom stereocenters. The molecular formula is C17H22N2O7S2. The molecule has 1 atom stereocenters. The van der Waals surface area contributed by atoms with Gasteiger partial charge in [-0.3, -0.25) is 23.7 Å². The molecule has 0 fully saturated rings. The van der Waals surface area contributed by atoms with Gasteiger partial charge in [0.25, 0.3) is 15.8 Å². The molecule has 0 heterocycles. The normalized spacial score (nSPS) is 13.1. The molecule has 2 rings (SSSR count). The lowest BCUT2D eigenvalue weighted by molar-refractivity contribution is -0.384. The van der Waals surface area contributed by atoms with Crippen LogP contribution >= 0.6 is 0 Å². The Kier molecular flexibility index (Phi) is 9.19. The standard InChI is InChI=1S/C11H17NO2S.C6H5NO5S/c1-15(12,13)9-5-8-14-10-11-6-3-2-4-7-11;8-7(9)5-1-3-6(4-2-5)13(10,11)12/h2-4,6-7,12H,5,8-10H2,1H3;1-4H,(H,10,11,12)/t15-;/m0./s1. The van der Waals surface area contributed by atoms with Crippen molar-refractivity contribution in [1.29, 1.82) is 4.78 Å². The van der Waals surface area contributed by atoms with Crippen molar-refractivity contribution in [2.45, 2.75) is 17.9 Å². The molecule has 2 aromatic rings. The zero-order chi connectivity index (χ0) is 21.2. The third-order valence-corrected chi connectivity index (χ3v) is 5.22. The number of hydrogen-bond acceptors (Lipinski definition) is 7. The highest BCUT2D eigenvalue weighted by Crippen LogP contribution is 2.15. The van der Waals surface area contributed by atoms with Crippen molar-refractivity contribution in [2.24, 2.45) is 0 Å². The summed E-state index contributed by atoms with van der Waals surface area (Å²) >= 11 is 0. The number of rotatable bonds is 8. The van der Waals surface area contributed by atoms with Gasteiger partial charge >= 0.3 is 0 Å². The average Bonchev–Trinajstić information content (AvgIpc) is 2.61. The second kappa shape index (κ2) is 10.9. The summed E-state index contributed by atoms with van der Waals surface area (Å²) in [4.78, 5) is 9.13. The average molecular weight is 431 g/mol. The molecule has 11 heteroatoms. The molecule has 0 aromatic heterocycles. The molecule has 2 N–H and O–H groups in total. The largest absolute Gasteiger partial charge is 0.377 e. The number of nitrogens with zero attached hydrogens (tertiary/aromatic N) is 1. The smallest absolute Gasteiger partial charge is 0.294 e. The number of hydrogen-bond donors (Lipinski definition) is 2. The lowest BCUT2D eigenvalue weighted by Crippen LogP contribution is -2.05. The number of nitrogens with one attached hydrogen (secondary N) is 1. The van der Waals surface area contributed by atoms with Crippen LogP contribution in [0.5, 0.6) is 0 Å². The minimum Gasteiger partial charge on any atom is -0.377 e. The fourth-order valence-corrected chi connectivity index (χ4v) is 3.09. The fraction of sp³-hybridized carbons (Fsp3) is 0.294. The van der Waals surface area contributed by atoms with Crippen LogP contribution < -0.4 is 0 Å². The van der Waals surface area contributed by atoms with Gasteiger partial charge < -0.3 is 4.74 Å². The van der Waals surface area contributed by atoms with Gasteiger partial charge in [-0.15, -0.1) is 0 Å². The van der Waals surface area contributed by atoms with Crippen molar-refractivity contribution in [3.63, 3.8) is 0 Å². The SMILES string of the molecule is C[S@](=N)(=O)CCCOCc1ccccc1.O=[N+]([O-])c1ccc(S(=O)(=O)O)cc1. The summed E-state index contributed by atoms with van der Waals surface area (Å²) in [6, 6.07) is 13.9. The van der Waals surface area contributed by atoms with E-state index in [2.05, 4.69) is 0 Å². The van der Waals surface area contributed by atoms with E-state index in [1.165, 1.54) is 6.26 Å². The Morgan fingerprint density at radius 3 is 2.11 bits per heavy atom. The van der Waals surface area contributed by atoms with Crippen LogP contribution in [0.25, 0.3) is 0 Å². The number of nitro groups is 1. The molecule has 0 aliphatic carbocycles. The van der Waals surface area contributed by atoms with E-state index in [-0.39, 0.29) is 10.6 Å². The van der Waals surface area contributed by atoms with Crippen LogP contribution in [-0.2, 0) is 31.2 Å². The Morgan fingerprint density at radius 1 is 1.07 bits per heavy atom. The summed E-state index contributed by atoms with van der Waals surface area (Å²) in [5.74, 6) is 0.418. The summed E-state index contributed by atoms with van der Waals surface area (Å²) in [6.45, 7) is 1.16. The van der Waals surface area contributed by atoms with E-state index in [4.69, 9.17) is 14.1 Å². The first-order valence-corrected chi connectivity index (χ1v) is 11.6. The second-order valence-corrected chi connectivity index (χ2v) is 9.67. The Balaban J connectivity index is 0.000000283. The maximum Gasteiger partial charge on any atom is 0.294 e. The van der Waals surface area contributed by atoms with E-state index in [1.54, 1.807) is 0 Å². The summed E-state index contributed by atoms with van der Waals surface area (Å²) in [5.41, 5.74) is 0.910. The highest BCUT2D eigenvalue weighted by molar-refractivity contribution is 7.91. The molecular weight excluding hydrogens is 408 g/mol. The Bertz CT molecular complexity index is 958. The van der Waals surface area contributed by atoms with Gasteiger partial charge in [0, 0.05) is 40.5 Å². The molecule has 0 bridgehead atoms. The van der Waals surface area contributed by atoms with Crippen LogP contribution in [0.1, 0.15) is 12.0 Å². The van der Waals surface area contributed by atoms with Crippen LogP contribution in [-0.4, -0.2) is 40.7 Å². The third-order valence-electron chi connectivity index (χ3n) is 3.28. The molecule has 0 saturated heterocycles. The zero-order valence-corrected chi connectivity index (χ0v) is 16.8. The number of nitro benzene ring substituents is 1. The molecule has 0 amide bonds. The Morgan fingerprint density at radius 2 is 1.64 bits per heavy atom. The quantitative estimate of drug-likeness (QED) is 0.283. The third kappa shape index (κ3) is 10.1. The highest BCUT2D eigenvalue weighted by atomic mass is 32.2. The van der Waals surface area contributed by atoms with Crippen LogP contribution in [0.15, 0.2) is 59.5 Å². The first-order valence-electron chi connectivity index (χ1n) is 8.04. The van der Waals surface area contributed by atoms with Gasteiger partial charge in [0.1, 0.15) is 0 Å². The second-order valence-electron chi connectivity index (χ2n) is 5.83. The maximum atomic E-state index is 11.0. The van der Waals surface area contributed by atoms with Crippen molar-refractivity contribution < 1.29 is 26.8 Å². The minimum absolute atomic E-state index is 0.229. The first-order chi connectivity index (χ1) is 13.0. The van der Waals surface area contributed by atoms with Crippen molar-refractivity contribution in [2.75, 3.05) is 18.6 Å². The van der Waals surface area contributed by atoms with Crippen LogP contribution in [0.4, 0.5) is 5.69 Å². The molecule has 0 aliphatic rings. The van der Waals surface area contributed by atoms with Crippen molar-refractivity contribution in [3.05, 3.63) is 70.3 Å². The molecule has 9 nitrogen and oxygen atoms in total. The van der Waals surface area contributed by atoms with Gasteiger partial charge in [0.2, 0.25) is 0 Å². The molecule has 154 valence electrons. The highest BCUT2D eigenvalue weighted by Gasteiger charge is 2.11. The van der Waals surface area contributed by atoms with Crippen LogP contribution in [0.2, 0.25) is 0 Å². The van der Waals surface area contributed by atoms with E-state index >= 15 is 0 Å². The predicted molar refractivity (Wildman–Crippen MR) is 105 cm³/mol. The molecule has 0 saturated carbocycles. The van der Waals surface area contributed by atoms with Crippen molar-refractivity contribution >= 4 is 25.5 Å². The Labute approximate surface area is 164 Å². The van der Waals surface area contributed by atoms with Gasteiger partial charge in [-0.25, -0.2) is 0 Å². The number of non-ortho nitro benzene ring substituents is 1. The lowest BCUT2D eigenvalue weighted by Gasteiger charge is -2.04. The van der Waals surface area contributed by atoms with E-state index in [9.17, 15) is 22.7 Å². The van der Waals surface area contributed by atoms with Crippen LogP contribution in [0, 0.1) is 14.9 Å². The molecule has 2 aromatic carbocycles. The predicted octanol–water partition coefficient (Wildman–Crippen LogP) is 3.11. The molecule has 28 heavy (non-hydrogen) atoms. The van der Waals surface area contributed by atoms with Gasteiger partial charge in [0.05, 0.1) is 16.4 Å². The van der Waals surface area contributed by atoms with Gasteiger partial charge in [-0.1, -0.05) is 30.3 Å². The monoisotopic (exact) mass is 430 g/mol. The van der Waals surface area contributed by atoms with E-state index in [0.29, 0.717) is 25.4 Å². The van der Waals surface area contributed by atoms with Gasteiger partial charge in [-0.2, -0.15) is 8.42 Å². The Hall–Kier alpha value is -2.34. The zero-order valence-electron chi connectivity index (χ0n) is 15.2. The van der Waals surface area contributed by atoms with Gasteiger partial charge in [0.15, 0.2) is 0 Å². The summed E-state index contributed by atoms with van der Waals surface area (Å²) in [6.07, 6.45) is 2.15. The lowest BCUT2D eigenvalue weighted by atomic mass is 10.2. The van der Waals surface area contributed by atoms with E-state index in [0.717, 1.165) is 29.8 Å². The van der Waals surface area contributed by atoms with Gasteiger partial charge in [-0.05, 0) is 24.1 Å². The number of ether oxygens (including phenoxy) is 1. The van der Waals surface area contributed by atoms with E-state index < -0.39 is 24.8 Å². The molecule has 0 aliphatic heterocycles. The van der Waals surface area contributed by atoms with Crippen molar-refractivity contribution in [3.8, 4) is 0 Å². The minimum atomic E-state index is -4.27. The van der Waals surface area contributed by atoms with Crippen molar-refractivity contribution in [1.82, 2.24) is 0 Å². The van der Waals surface area contributed by atoms with E-state index in [1.807, 2.05) is 30.3 Å². The fourth-order valence-electron chi connectivity index (χ4n) is 1.94. The maximum absolute atomic E-state index is 11.0. The summed E-state index contributed by atoms with van der Waals surface area (Å²) in [5, 5.41) is 10.2. The number of benzene rings is 2.